The number of fused-ring (bicyclic) bond motifs is 1. The Balaban J connectivity index is 0.538. The minimum absolute atomic E-state index is 0.000922. The van der Waals surface area contributed by atoms with Gasteiger partial charge in [0.05, 0.1) is 59.3 Å². The van der Waals surface area contributed by atoms with Crippen LogP contribution >= 0.6 is 11.3 Å². The van der Waals surface area contributed by atoms with Crippen LogP contribution in [-0.2, 0) is 51.3 Å². The van der Waals surface area contributed by atoms with Crippen molar-refractivity contribution in [3.05, 3.63) is 76.7 Å². The van der Waals surface area contributed by atoms with E-state index in [0.29, 0.717) is 106 Å². The van der Waals surface area contributed by atoms with Crippen molar-refractivity contribution in [1.82, 2.24) is 56.2 Å². The monoisotopic (exact) mass is 1380 g/mol. The van der Waals surface area contributed by atoms with Crippen molar-refractivity contribution in [3.8, 4) is 16.2 Å². The highest BCUT2D eigenvalue weighted by Crippen LogP contribution is 2.42. The number of β-amino-alcohol motifs (C(OH)–C–C–N with tert-alkyl or cyclic N) is 1. The number of amides is 6. The highest BCUT2D eigenvalue weighted by atomic mass is 32.1. The number of carbonyl (C=O) groups is 6. The number of nitrogens with one attached hydrogen (secondary N) is 6. The summed E-state index contributed by atoms with van der Waals surface area (Å²) < 4.78 is 64.1. The van der Waals surface area contributed by atoms with Crippen LogP contribution < -0.4 is 46.4 Å². The number of aromatic nitrogens is 3. The lowest BCUT2D eigenvalue weighted by molar-refractivity contribution is -0.145. The highest BCUT2D eigenvalue weighted by molar-refractivity contribution is 7.13. The number of hydrogen-bond donors (Lipinski definition) is 7. The quantitative estimate of drug-likeness (QED) is 0.0358. The van der Waals surface area contributed by atoms with E-state index in [4.69, 9.17) is 14.2 Å². The summed E-state index contributed by atoms with van der Waals surface area (Å²) in [5.41, 5.74) is 1.21. The largest absolute Gasteiger partial charge is 0.483 e. The number of halogens is 3. The Bertz CT molecular complexity index is 3490. The number of piperidine rings is 2. The summed E-state index contributed by atoms with van der Waals surface area (Å²) in [6.45, 7) is 19.3. The zero-order valence-electron chi connectivity index (χ0n) is 57.3. The first-order valence-corrected chi connectivity index (χ1v) is 35.6. The van der Waals surface area contributed by atoms with E-state index in [1.54, 1.807) is 43.3 Å². The molecule has 5 saturated heterocycles. The number of anilines is 3. The van der Waals surface area contributed by atoms with Gasteiger partial charge in [-0.25, -0.2) is 28.1 Å². The summed E-state index contributed by atoms with van der Waals surface area (Å²) in [6.07, 6.45) is 6.33. The molecule has 7 heterocycles. The SMILES string of the molecule is Cc1ncsc1-c1ccc(CNC(=O)[C@@H]2C[C@@H](O)CN2C(=O)[C@@H](NC(=O)C2(F)CC2)C(C)(C)C)c(OCC(=O)NCCOCCN2C[C@H]3C[C@@H](OCC(=O)NCCCNc4cc(N5CCC6(CC5)CN(c5cc(F)c(CN7CCC(C)(C)CC7)cc5F)CC(=O)N6)ncn4)C[C@H]3C2)c1. The molecule has 28 heteroatoms. The number of aliphatic hydroxyl groups is 1. The summed E-state index contributed by atoms with van der Waals surface area (Å²) >= 11 is 1.46. The van der Waals surface area contributed by atoms with Gasteiger partial charge in [-0.05, 0) is 118 Å². The molecule has 534 valence electrons. The minimum Gasteiger partial charge on any atom is -0.483 e. The fourth-order valence-corrected chi connectivity index (χ4v) is 15.3. The van der Waals surface area contributed by atoms with Gasteiger partial charge in [-0.2, -0.15) is 0 Å². The van der Waals surface area contributed by atoms with Crippen LogP contribution in [0.5, 0.6) is 5.75 Å². The standard InChI is InChI=1S/C70H97F3N14O10S/c1-44-62(98-43-80-44)45-8-9-46(33-77-64(92)55-30-50(88)37-87(55)65(93)63(67(2,3)4)81-66(94)70(73)10-11-70)56(29-45)97-40-61(91)76-18-24-95-25-23-84-34-47-26-51(27-48(47)35-84)96-39-60(90)75-17-7-16-74-57-32-58(79-42-78-57)85-21-14-69(15-22-85)41-86(38-59(89)82-69)54-31-52(71)49(28-53(54)72)36-83-19-12-68(5,6)13-20-83/h8-9,28-29,31-32,42-43,47-48,50-51,55,63,88H,7,10-27,30,33-41H2,1-6H3,(H,75,90)(H,76,91)(H,77,92)(H,81,94)(H,82,89)(H,74,78,79)/t47-,48+,50-,51-,55+,63-/m1/s1. The molecule has 0 bridgehead atoms. The lowest BCUT2D eigenvalue weighted by atomic mass is 9.82. The maximum Gasteiger partial charge on any atom is 0.258 e. The molecular weight excluding hydrogens is 1290 g/mol. The molecule has 2 saturated carbocycles. The molecule has 0 radical (unpaired) electrons. The summed E-state index contributed by atoms with van der Waals surface area (Å²) in [4.78, 5) is 103. The van der Waals surface area contributed by atoms with Crippen molar-refractivity contribution in [3.63, 3.8) is 0 Å². The Morgan fingerprint density at radius 1 is 0.806 bits per heavy atom. The molecule has 7 aliphatic rings. The van der Waals surface area contributed by atoms with E-state index in [9.17, 15) is 38.3 Å². The van der Waals surface area contributed by atoms with Crippen molar-refractivity contribution < 1.29 is 61.3 Å². The molecule has 6 atom stereocenters. The molecule has 24 nitrogen and oxygen atoms in total. The van der Waals surface area contributed by atoms with Crippen molar-refractivity contribution in [1.29, 1.82) is 0 Å². The highest BCUT2D eigenvalue weighted by Gasteiger charge is 2.54. The van der Waals surface area contributed by atoms with Crippen LogP contribution in [0.2, 0.25) is 0 Å². The van der Waals surface area contributed by atoms with E-state index in [2.05, 4.69) is 75.4 Å². The molecule has 98 heavy (non-hydrogen) atoms. The molecule has 2 aromatic carbocycles. The van der Waals surface area contributed by atoms with Gasteiger partial charge in [-0.3, -0.25) is 33.7 Å². The van der Waals surface area contributed by atoms with Crippen LogP contribution in [0.25, 0.3) is 10.4 Å². The van der Waals surface area contributed by atoms with E-state index >= 15 is 8.78 Å². The summed E-state index contributed by atoms with van der Waals surface area (Å²) in [6, 6.07) is 7.71. The Kier molecular flexibility index (Phi) is 22.9. The third-order valence-electron chi connectivity index (χ3n) is 20.6. The summed E-state index contributed by atoms with van der Waals surface area (Å²) in [5, 5.41) is 28.5. The van der Waals surface area contributed by atoms with E-state index in [1.165, 1.54) is 34.7 Å². The Morgan fingerprint density at radius 3 is 2.26 bits per heavy atom. The van der Waals surface area contributed by atoms with Gasteiger partial charge >= 0.3 is 0 Å². The maximum absolute atomic E-state index is 15.8. The molecule has 7 N–H and O–H groups in total. The zero-order valence-corrected chi connectivity index (χ0v) is 58.1. The fourth-order valence-electron chi connectivity index (χ4n) is 14.5. The van der Waals surface area contributed by atoms with Crippen molar-refractivity contribution in [2.75, 3.05) is 127 Å². The molecule has 11 rings (SSSR count). The van der Waals surface area contributed by atoms with E-state index < -0.39 is 64.2 Å². The predicted octanol–water partition coefficient (Wildman–Crippen LogP) is 5.25. The number of thiazole rings is 1. The first kappa shape index (κ1) is 72.0. The molecule has 2 aliphatic carbocycles. The van der Waals surface area contributed by atoms with Crippen molar-refractivity contribution in [2.24, 2.45) is 22.7 Å². The van der Waals surface area contributed by atoms with Gasteiger partial charge < -0.3 is 70.8 Å². The number of nitrogens with zero attached hydrogens (tertiary/aromatic N) is 8. The van der Waals surface area contributed by atoms with Crippen LogP contribution in [0.1, 0.15) is 116 Å². The van der Waals surface area contributed by atoms with Gasteiger partial charge in [-0.15, -0.1) is 11.3 Å². The number of piperazine rings is 1. The first-order valence-electron chi connectivity index (χ1n) is 34.7. The molecule has 0 unspecified atom stereocenters. The Hall–Kier alpha value is -7.24. The number of aryl methyl sites for hydroxylation is 1. The van der Waals surface area contributed by atoms with Gasteiger partial charge in [0.2, 0.25) is 23.6 Å². The predicted molar refractivity (Wildman–Crippen MR) is 364 cm³/mol. The first-order chi connectivity index (χ1) is 46.8. The average molecular weight is 1380 g/mol. The third-order valence-corrected chi connectivity index (χ3v) is 21.5. The molecule has 6 amide bonds. The smallest absolute Gasteiger partial charge is 0.258 e. The number of aliphatic hydroxyl groups excluding tert-OH is 1. The Morgan fingerprint density at radius 2 is 1.54 bits per heavy atom. The zero-order chi connectivity index (χ0) is 69.5. The normalized spacial score (nSPS) is 23.1. The number of likely N-dealkylation sites (tertiary alicyclic amines) is 3. The molecule has 1 spiro atoms. The van der Waals surface area contributed by atoms with Gasteiger partial charge in [0.25, 0.3) is 11.8 Å². The van der Waals surface area contributed by atoms with Crippen LogP contribution in [-0.4, -0.2) is 217 Å². The second-order valence-electron chi connectivity index (χ2n) is 29.8. The second-order valence-corrected chi connectivity index (χ2v) is 30.6. The molecule has 5 aliphatic heterocycles. The fraction of sp³-hybridized carbons (Fsp3) is 0.643. The van der Waals surface area contributed by atoms with Gasteiger partial charge in [0.1, 0.15) is 54.0 Å². The van der Waals surface area contributed by atoms with Gasteiger partial charge in [0.15, 0.2) is 12.3 Å². The number of ether oxygens (including phenoxy) is 3. The second kappa shape index (κ2) is 31.1. The van der Waals surface area contributed by atoms with E-state index in [1.807, 2.05) is 19.1 Å². The number of carbonyl (C=O) groups excluding carboxylic acids is 6. The summed E-state index contributed by atoms with van der Waals surface area (Å²) in [5.74, 6) is -0.994. The van der Waals surface area contributed by atoms with Crippen molar-refractivity contribution in [2.45, 2.75) is 154 Å². The van der Waals surface area contributed by atoms with Crippen LogP contribution in [0.15, 0.2) is 48.2 Å². The number of benzene rings is 2. The lowest BCUT2D eigenvalue weighted by Crippen LogP contribution is -2.66. The van der Waals surface area contributed by atoms with Crippen LogP contribution in [0.4, 0.5) is 30.5 Å². The molecule has 7 fully saturated rings. The summed E-state index contributed by atoms with van der Waals surface area (Å²) in [7, 11) is 0. The van der Waals surface area contributed by atoms with Crippen LogP contribution in [0.3, 0.4) is 0 Å². The van der Waals surface area contributed by atoms with Gasteiger partial charge in [-0.1, -0.05) is 46.8 Å². The van der Waals surface area contributed by atoms with Gasteiger partial charge in [0, 0.05) is 108 Å². The van der Waals surface area contributed by atoms with E-state index in [-0.39, 0.29) is 93.6 Å². The molecule has 4 aromatic rings. The third kappa shape index (κ3) is 18.4. The number of hydrogen-bond acceptors (Lipinski definition) is 19. The Labute approximate surface area is 575 Å². The van der Waals surface area contributed by atoms with E-state index in [0.717, 1.165) is 80.4 Å². The number of alkyl halides is 1. The molecule has 2 aromatic heterocycles. The minimum atomic E-state index is -2.00. The lowest BCUT2D eigenvalue weighted by Gasteiger charge is -2.48. The van der Waals surface area contributed by atoms with Crippen molar-refractivity contribution >= 4 is 64.1 Å². The van der Waals surface area contributed by atoms with Crippen LogP contribution in [0, 0.1) is 41.2 Å². The molecular formula is C70H97F3N14O10S. The number of rotatable bonds is 28. The topological polar surface area (TPSA) is 277 Å². The maximum atomic E-state index is 15.8. The average Bonchev–Trinajstić information content (AvgIpc) is 0.818.